The van der Waals surface area contributed by atoms with Crippen LogP contribution in [0, 0.1) is 0 Å². The molecule has 1 aliphatic rings. The first-order valence-corrected chi connectivity index (χ1v) is 13.4. The third-order valence-corrected chi connectivity index (χ3v) is 7.47. The predicted molar refractivity (Wildman–Crippen MR) is 154 cm³/mol. The highest BCUT2D eigenvalue weighted by Crippen LogP contribution is 2.36. The predicted octanol–water partition coefficient (Wildman–Crippen LogP) is 4.59. The van der Waals surface area contributed by atoms with Gasteiger partial charge in [0.25, 0.3) is 0 Å². The fourth-order valence-electron chi connectivity index (χ4n) is 5.52. The average Bonchev–Trinajstić information content (AvgIpc) is 3.04. The number of benzene rings is 4. The lowest BCUT2D eigenvalue weighted by molar-refractivity contribution is -0.0418. The molecule has 4 N–H and O–H groups in total. The molecular formula is C33H33N3O4. The molecule has 0 bridgehead atoms. The molecule has 1 saturated heterocycles. The number of carbonyl (C=O) groups is 2. The molecule has 0 spiro atoms. The van der Waals surface area contributed by atoms with Crippen molar-refractivity contribution in [2.75, 3.05) is 5.73 Å². The van der Waals surface area contributed by atoms with Gasteiger partial charge in [-0.1, -0.05) is 91.0 Å². The van der Waals surface area contributed by atoms with Gasteiger partial charge in [-0.3, -0.25) is 4.79 Å². The molecule has 0 saturated carbocycles. The number of nitrogens with zero attached hydrogens (tertiary/aromatic N) is 2. The average molecular weight is 536 g/mol. The van der Waals surface area contributed by atoms with Crippen LogP contribution in [0.5, 0.6) is 0 Å². The Hall–Kier alpha value is -4.46. The Bertz CT molecular complexity index is 1450. The molecular weight excluding hydrogens is 502 g/mol. The molecule has 1 aliphatic heterocycles. The fourth-order valence-corrected chi connectivity index (χ4v) is 5.52. The lowest BCUT2D eigenvalue weighted by Gasteiger charge is -2.36. The van der Waals surface area contributed by atoms with Gasteiger partial charge in [-0.25, -0.2) is 4.79 Å². The zero-order chi connectivity index (χ0) is 28.1. The lowest BCUT2D eigenvalue weighted by Crippen LogP contribution is -2.50. The molecule has 2 amide bonds. The quantitative estimate of drug-likeness (QED) is 0.226. The van der Waals surface area contributed by atoms with Crippen LogP contribution in [0.4, 0.5) is 10.5 Å². The van der Waals surface area contributed by atoms with Crippen molar-refractivity contribution >= 4 is 18.0 Å². The molecule has 0 radical (unpaired) electrons. The molecule has 4 aromatic carbocycles. The Morgan fingerprint density at radius 2 is 1.30 bits per heavy atom. The number of rotatable bonds is 8. The van der Waals surface area contributed by atoms with E-state index >= 15 is 0 Å². The number of amides is 2. The molecule has 0 aliphatic carbocycles. The van der Waals surface area contributed by atoms with Crippen molar-refractivity contribution in [2.24, 2.45) is 0 Å². The highest BCUT2D eigenvalue weighted by molar-refractivity contribution is 5.77. The van der Waals surface area contributed by atoms with Crippen LogP contribution < -0.4 is 5.73 Å². The third-order valence-electron chi connectivity index (χ3n) is 7.47. The van der Waals surface area contributed by atoms with Crippen molar-refractivity contribution in [3.8, 4) is 0 Å². The van der Waals surface area contributed by atoms with Crippen LogP contribution >= 0.6 is 0 Å². The number of aliphatic hydroxyl groups is 2. The van der Waals surface area contributed by atoms with Crippen LogP contribution in [0.1, 0.15) is 38.7 Å². The number of nitrogens with two attached hydrogens (primary N) is 1. The van der Waals surface area contributed by atoms with E-state index in [0.717, 1.165) is 28.5 Å². The second-order valence-electron chi connectivity index (χ2n) is 10.2. The topological polar surface area (TPSA) is 107 Å². The number of aldehydes is 1. The Labute approximate surface area is 234 Å². The van der Waals surface area contributed by atoms with E-state index in [2.05, 4.69) is 0 Å². The van der Waals surface area contributed by atoms with E-state index in [0.29, 0.717) is 17.7 Å². The number of hydrogen-bond acceptors (Lipinski definition) is 5. The molecule has 4 atom stereocenters. The monoisotopic (exact) mass is 535 g/mol. The van der Waals surface area contributed by atoms with E-state index in [1.165, 1.54) is 0 Å². The van der Waals surface area contributed by atoms with E-state index < -0.39 is 24.3 Å². The van der Waals surface area contributed by atoms with Gasteiger partial charge in [0.1, 0.15) is 18.5 Å². The molecule has 7 heteroatoms. The maximum Gasteiger partial charge on any atom is 0.321 e. The minimum absolute atomic E-state index is 0.150. The van der Waals surface area contributed by atoms with Crippen LogP contribution in [-0.4, -0.2) is 50.6 Å². The summed E-state index contributed by atoms with van der Waals surface area (Å²) in [5, 5.41) is 23.5. The van der Waals surface area contributed by atoms with Gasteiger partial charge in [0.2, 0.25) is 0 Å². The summed E-state index contributed by atoms with van der Waals surface area (Å²) in [5.41, 5.74) is 10.3. The molecule has 1 heterocycles. The number of anilines is 1. The number of nitrogen functional groups attached to an aromatic ring is 1. The van der Waals surface area contributed by atoms with Crippen molar-refractivity contribution < 1.29 is 19.8 Å². The Morgan fingerprint density at radius 3 is 1.98 bits per heavy atom. The number of hydrogen-bond donors (Lipinski definition) is 3. The van der Waals surface area contributed by atoms with Gasteiger partial charge in [-0.2, -0.15) is 0 Å². The number of urea groups is 1. The van der Waals surface area contributed by atoms with Crippen molar-refractivity contribution in [2.45, 2.75) is 43.8 Å². The van der Waals surface area contributed by atoms with Crippen LogP contribution in [0.25, 0.3) is 0 Å². The maximum absolute atomic E-state index is 14.6. The van der Waals surface area contributed by atoms with E-state index in [4.69, 9.17) is 5.73 Å². The summed E-state index contributed by atoms with van der Waals surface area (Å²) in [6.45, 7) is 0.326. The lowest BCUT2D eigenvalue weighted by atomic mass is 9.90. The Balaban J connectivity index is 1.63. The minimum atomic E-state index is -1.27. The van der Waals surface area contributed by atoms with Crippen molar-refractivity contribution in [1.29, 1.82) is 0 Å². The van der Waals surface area contributed by atoms with Gasteiger partial charge in [-0.05, 0) is 46.9 Å². The molecule has 5 rings (SSSR count). The van der Waals surface area contributed by atoms with Crippen molar-refractivity contribution in [1.82, 2.24) is 9.80 Å². The SMILES string of the molecule is Nc1cccc(CN2C(=O)N(Cc3cccc(C=O)c3)[C@H](Cc3ccccc3)[C@H](O)[C@@H](O)C2c2ccccc2)c1. The largest absolute Gasteiger partial charge is 0.399 e. The van der Waals surface area contributed by atoms with Crippen LogP contribution in [0.15, 0.2) is 109 Å². The van der Waals surface area contributed by atoms with E-state index in [9.17, 15) is 19.8 Å². The normalized spacial score (nSPS) is 21.2. The summed E-state index contributed by atoms with van der Waals surface area (Å²) in [6, 6.07) is 31.4. The zero-order valence-corrected chi connectivity index (χ0v) is 22.1. The zero-order valence-electron chi connectivity index (χ0n) is 22.1. The minimum Gasteiger partial charge on any atom is -0.399 e. The van der Waals surface area contributed by atoms with Gasteiger partial charge in [-0.15, -0.1) is 0 Å². The van der Waals surface area contributed by atoms with E-state index in [1.807, 2.05) is 84.9 Å². The molecule has 1 unspecified atom stereocenters. The van der Waals surface area contributed by atoms with Crippen LogP contribution in [0.2, 0.25) is 0 Å². The summed E-state index contributed by atoms with van der Waals surface area (Å²) in [7, 11) is 0. The van der Waals surface area contributed by atoms with Gasteiger partial charge < -0.3 is 25.7 Å². The summed E-state index contributed by atoms with van der Waals surface area (Å²) >= 11 is 0. The highest BCUT2D eigenvalue weighted by Gasteiger charge is 2.46. The van der Waals surface area contributed by atoms with Gasteiger partial charge in [0, 0.05) is 24.3 Å². The molecule has 1 fully saturated rings. The maximum atomic E-state index is 14.6. The molecule has 40 heavy (non-hydrogen) atoms. The number of aliphatic hydroxyl groups excluding tert-OH is 2. The molecule has 7 nitrogen and oxygen atoms in total. The molecule has 204 valence electrons. The van der Waals surface area contributed by atoms with Crippen LogP contribution in [-0.2, 0) is 19.5 Å². The van der Waals surface area contributed by atoms with Gasteiger partial charge in [0.05, 0.1) is 12.1 Å². The van der Waals surface area contributed by atoms with E-state index in [-0.39, 0.29) is 19.1 Å². The second-order valence-corrected chi connectivity index (χ2v) is 10.2. The molecule has 4 aromatic rings. The summed E-state index contributed by atoms with van der Waals surface area (Å²) in [4.78, 5) is 29.3. The fraction of sp³-hybridized carbons (Fsp3) is 0.212. The van der Waals surface area contributed by atoms with Crippen molar-refractivity contribution in [3.63, 3.8) is 0 Å². The first-order chi connectivity index (χ1) is 19.4. The van der Waals surface area contributed by atoms with E-state index in [1.54, 1.807) is 34.1 Å². The molecule has 0 aromatic heterocycles. The first-order valence-electron chi connectivity index (χ1n) is 13.4. The number of carbonyl (C=O) groups excluding carboxylic acids is 2. The van der Waals surface area contributed by atoms with Gasteiger partial charge in [0.15, 0.2) is 0 Å². The Morgan fingerprint density at radius 1 is 0.700 bits per heavy atom. The first kappa shape index (κ1) is 27.1. The van der Waals surface area contributed by atoms with Crippen LogP contribution in [0.3, 0.4) is 0 Å². The highest BCUT2D eigenvalue weighted by atomic mass is 16.3. The Kier molecular flexibility index (Phi) is 8.24. The standard InChI is InChI=1S/C33H33N3O4/c34-28-16-8-12-25(18-28)21-36-30(27-14-5-2-6-15-27)32(39)31(38)29(19-23-9-3-1-4-10-23)35(33(36)40)20-24-11-7-13-26(17-24)22-37/h1-18,22,29-32,38-39H,19-21,34H2/t29-,30?,31+,32+/m1/s1. The van der Waals surface area contributed by atoms with Crippen molar-refractivity contribution in [3.05, 3.63) is 137 Å². The second kappa shape index (κ2) is 12.2. The summed E-state index contributed by atoms with van der Waals surface area (Å²) in [6.07, 6.45) is -1.42. The van der Waals surface area contributed by atoms with Gasteiger partial charge >= 0.3 is 6.03 Å². The summed E-state index contributed by atoms with van der Waals surface area (Å²) in [5.74, 6) is 0. The third kappa shape index (κ3) is 5.91. The summed E-state index contributed by atoms with van der Waals surface area (Å²) < 4.78 is 0. The smallest absolute Gasteiger partial charge is 0.321 e.